The van der Waals surface area contributed by atoms with Crippen LogP contribution < -0.4 is 0 Å². The molecule has 0 aromatic rings. The average molecular weight is 130 g/mol. The Morgan fingerprint density at radius 2 is 2.33 bits per heavy atom. The molecule has 52 valence electrons. The van der Waals surface area contributed by atoms with E-state index in [4.69, 9.17) is 0 Å². The maximum absolute atomic E-state index is 10.2. The Balaban J connectivity index is 3.17. The van der Waals surface area contributed by atoms with Gasteiger partial charge in [-0.25, -0.2) is 4.79 Å². The Kier molecular flexibility index (Phi) is 4.59. The molecular formula is C6H10O3. The number of rotatable bonds is 2. The van der Waals surface area contributed by atoms with Crippen molar-refractivity contribution >= 4 is 6.16 Å². The van der Waals surface area contributed by atoms with Gasteiger partial charge >= 0.3 is 6.16 Å². The Morgan fingerprint density at radius 3 is 2.78 bits per heavy atom. The first-order valence-electron chi connectivity index (χ1n) is 2.63. The highest BCUT2D eigenvalue weighted by Gasteiger charge is 1.94. The van der Waals surface area contributed by atoms with Crippen LogP contribution in [0.15, 0.2) is 12.2 Å². The van der Waals surface area contributed by atoms with Crippen LogP contribution in [0, 0.1) is 0 Å². The van der Waals surface area contributed by atoms with Crippen molar-refractivity contribution in [1.82, 2.24) is 0 Å². The van der Waals surface area contributed by atoms with Crippen LogP contribution in [0.5, 0.6) is 0 Å². The van der Waals surface area contributed by atoms with Gasteiger partial charge in [-0.05, 0) is 6.92 Å². The third-order valence-corrected chi connectivity index (χ3v) is 0.700. The van der Waals surface area contributed by atoms with Gasteiger partial charge in [0.2, 0.25) is 0 Å². The predicted octanol–water partition coefficient (Wildman–Crippen LogP) is 1.35. The molecule has 0 N–H and O–H groups in total. The molecule has 0 aromatic carbocycles. The van der Waals surface area contributed by atoms with E-state index in [1.807, 2.05) is 6.92 Å². The first-order chi connectivity index (χ1) is 4.31. The lowest BCUT2D eigenvalue weighted by Crippen LogP contribution is -2.03. The summed E-state index contributed by atoms with van der Waals surface area (Å²) in [5, 5.41) is 0. The monoisotopic (exact) mass is 130 g/mol. The zero-order valence-electron chi connectivity index (χ0n) is 5.59. The number of methoxy groups -OCH3 is 1. The molecule has 0 bridgehead atoms. The smallest absolute Gasteiger partial charge is 0.438 e. The van der Waals surface area contributed by atoms with Gasteiger partial charge in [0.05, 0.1) is 7.11 Å². The number of carbonyl (C=O) groups is 1. The van der Waals surface area contributed by atoms with E-state index in [-0.39, 0.29) is 6.61 Å². The van der Waals surface area contributed by atoms with Gasteiger partial charge in [0.25, 0.3) is 0 Å². The summed E-state index contributed by atoms with van der Waals surface area (Å²) in [6, 6.07) is 0. The van der Waals surface area contributed by atoms with Gasteiger partial charge in [0, 0.05) is 0 Å². The minimum absolute atomic E-state index is 0.281. The van der Waals surface area contributed by atoms with Gasteiger partial charge in [-0.2, -0.15) is 0 Å². The highest BCUT2D eigenvalue weighted by molar-refractivity contribution is 5.59. The lowest BCUT2D eigenvalue weighted by molar-refractivity contribution is 0.0818. The number of ether oxygens (including phenoxy) is 2. The van der Waals surface area contributed by atoms with Crippen LogP contribution >= 0.6 is 0 Å². The van der Waals surface area contributed by atoms with Crippen molar-refractivity contribution in [3.63, 3.8) is 0 Å². The standard InChI is InChI=1S/C6H10O3/c1-3-4-5-9-6(7)8-2/h3-4H,5H2,1-2H3/b4-3+. The molecule has 0 aliphatic rings. The lowest BCUT2D eigenvalue weighted by atomic mass is 10.6. The molecule has 0 fully saturated rings. The molecule has 0 rings (SSSR count). The molecule has 0 aliphatic carbocycles. The van der Waals surface area contributed by atoms with E-state index in [0.717, 1.165) is 0 Å². The Labute approximate surface area is 54.3 Å². The van der Waals surface area contributed by atoms with Crippen LogP contribution in [-0.2, 0) is 9.47 Å². The van der Waals surface area contributed by atoms with Crippen molar-refractivity contribution in [2.75, 3.05) is 13.7 Å². The summed E-state index contributed by atoms with van der Waals surface area (Å²) in [5.74, 6) is 0. The van der Waals surface area contributed by atoms with E-state index in [0.29, 0.717) is 0 Å². The molecule has 0 saturated heterocycles. The summed E-state index contributed by atoms with van der Waals surface area (Å²) in [4.78, 5) is 10.2. The van der Waals surface area contributed by atoms with Crippen molar-refractivity contribution in [1.29, 1.82) is 0 Å². The quantitative estimate of drug-likeness (QED) is 0.418. The van der Waals surface area contributed by atoms with Crippen molar-refractivity contribution in [2.45, 2.75) is 6.92 Å². The fourth-order valence-electron chi connectivity index (χ4n) is 0.271. The fourth-order valence-corrected chi connectivity index (χ4v) is 0.271. The lowest BCUT2D eigenvalue weighted by Gasteiger charge is -1.96. The maximum Gasteiger partial charge on any atom is 0.508 e. The van der Waals surface area contributed by atoms with Crippen molar-refractivity contribution in [3.8, 4) is 0 Å². The number of carbonyl (C=O) groups excluding carboxylic acids is 1. The molecule has 0 saturated carbocycles. The minimum Gasteiger partial charge on any atom is -0.438 e. The number of allylic oxidation sites excluding steroid dienone is 1. The molecule has 3 nitrogen and oxygen atoms in total. The van der Waals surface area contributed by atoms with E-state index in [2.05, 4.69) is 9.47 Å². The van der Waals surface area contributed by atoms with E-state index in [1.54, 1.807) is 12.2 Å². The first-order valence-corrected chi connectivity index (χ1v) is 2.63. The average Bonchev–Trinajstić information content (AvgIpc) is 1.89. The second-order valence-corrected chi connectivity index (χ2v) is 1.33. The fraction of sp³-hybridized carbons (Fsp3) is 0.500. The van der Waals surface area contributed by atoms with Gasteiger partial charge in [-0.1, -0.05) is 12.2 Å². The van der Waals surface area contributed by atoms with Gasteiger partial charge < -0.3 is 9.47 Å². The van der Waals surface area contributed by atoms with Crippen LogP contribution in [0.25, 0.3) is 0 Å². The Morgan fingerprint density at radius 1 is 1.67 bits per heavy atom. The van der Waals surface area contributed by atoms with Crippen LogP contribution in [-0.4, -0.2) is 19.9 Å². The van der Waals surface area contributed by atoms with Crippen molar-refractivity contribution < 1.29 is 14.3 Å². The van der Waals surface area contributed by atoms with Crippen molar-refractivity contribution in [2.24, 2.45) is 0 Å². The predicted molar refractivity (Wildman–Crippen MR) is 33.2 cm³/mol. The summed E-state index contributed by atoms with van der Waals surface area (Å²) < 4.78 is 8.69. The summed E-state index contributed by atoms with van der Waals surface area (Å²) in [6.45, 7) is 2.13. The SMILES string of the molecule is C/C=C/COC(=O)OC. The molecule has 0 atom stereocenters. The van der Waals surface area contributed by atoms with Crippen LogP contribution in [0.1, 0.15) is 6.92 Å². The normalized spacial score (nSPS) is 9.56. The maximum atomic E-state index is 10.2. The minimum atomic E-state index is -0.645. The van der Waals surface area contributed by atoms with Crippen molar-refractivity contribution in [3.05, 3.63) is 12.2 Å². The van der Waals surface area contributed by atoms with E-state index in [9.17, 15) is 4.79 Å². The van der Waals surface area contributed by atoms with Gasteiger partial charge in [-0.3, -0.25) is 0 Å². The molecular weight excluding hydrogens is 120 g/mol. The third-order valence-electron chi connectivity index (χ3n) is 0.700. The second-order valence-electron chi connectivity index (χ2n) is 1.33. The number of hydrogen-bond donors (Lipinski definition) is 0. The van der Waals surface area contributed by atoms with E-state index >= 15 is 0 Å². The molecule has 0 heterocycles. The van der Waals surface area contributed by atoms with Gasteiger partial charge in [-0.15, -0.1) is 0 Å². The largest absolute Gasteiger partial charge is 0.508 e. The van der Waals surface area contributed by atoms with Crippen LogP contribution in [0.3, 0.4) is 0 Å². The molecule has 0 aliphatic heterocycles. The summed E-state index contributed by atoms with van der Waals surface area (Å²) in [7, 11) is 1.28. The Hall–Kier alpha value is -0.990. The molecule has 0 unspecified atom stereocenters. The number of hydrogen-bond acceptors (Lipinski definition) is 3. The third kappa shape index (κ3) is 4.87. The second kappa shape index (κ2) is 5.15. The topological polar surface area (TPSA) is 35.5 Å². The molecule has 0 radical (unpaired) electrons. The summed E-state index contributed by atoms with van der Waals surface area (Å²) >= 11 is 0. The molecule has 0 aromatic heterocycles. The zero-order chi connectivity index (χ0) is 7.11. The highest BCUT2D eigenvalue weighted by Crippen LogP contribution is 1.81. The van der Waals surface area contributed by atoms with Crippen LogP contribution in [0.2, 0.25) is 0 Å². The van der Waals surface area contributed by atoms with E-state index < -0.39 is 6.16 Å². The highest BCUT2D eigenvalue weighted by atomic mass is 16.7. The molecule has 0 spiro atoms. The summed E-state index contributed by atoms with van der Waals surface area (Å²) in [6.07, 6.45) is 2.87. The summed E-state index contributed by atoms with van der Waals surface area (Å²) in [5.41, 5.74) is 0. The molecule has 0 amide bonds. The first kappa shape index (κ1) is 8.01. The zero-order valence-corrected chi connectivity index (χ0v) is 5.59. The van der Waals surface area contributed by atoms with Crippen LogP contribution in [0.4, 0.5) is 4.79 Å². The van der Waals surface area contributed by atoms with E-state index in [1.165, 1.54) is 7.11 Å². The van der Waals surface area contributed by atoms with Gasteiger partial charge in [0.1, 0.15) is 6.61 Å². The van der Waals surface area contributed by atoms with Gasteiger partial charge in [0.15, 0.2) is 0 Å². The Bertz CT molecular complexity index is 107. The molecule has 9 heavy (non-hydrogen) atoms. The molecule has 3 heteroatoms.